The minimum Gasteiger partial charge on any atom is -0.449 e. The molecule has 0 saturated heterocycles. The van der Waals surface area contributed by atoms with Crippen molar-refractivity contribution in [2.24, 2.45) is 0 Å². The van der Waals surface area contributed by atoms with E-state index in [0.717, 1.165) is 10.9 Å². The number of esters is 1. The number of aromatic nitrogens is 2. The normalized spacial score (nSPS) is 12.2. The average molecular weight is 369 g/mol. The summed E-state index contributed by atoms with van der Waals surface area (Å²) in [6.07, 6.45) is -0.718. The van der Waals surface area contributed by atoms with Crippen molar-refractivity contribution in [1.82, 2.24) is 10.1 Å². The lowest BCUT2D eigenvalue weighted by Crippen LogP contribution is -2.08. The summed E-state index contributed by atoms with van der Waals surface area (Å²) in [6, 6.07) is 16.1. The second-order valence-electron chi connectivity index (χ2n) is 5.66. The summed E-state index contributed by atoms with van der Waals surface area (Å²) in [5.41, 5.74) is 1.37. The Morgan fingerprint density at radius 3 is 2.77 bits per heavy atom. The number of nitrogens with zero attached hydrogens (tertiary/aromatic N) is 2. The van der Waals surface area contributed by atoms with E-state index in [-0.39, 0.29) is 11.7 Å². The third-order valence-corrected chi connectivity index (χ3v) is 4.02. The Morgan fingerprint density at radius 1 is 1.15 bits per heavy atom. The summed E-state index contributed by atoms with van der Waals surface area (Å²) in [4.78, 5) is 16.6. The van der Waals surface area contributed by atoms with Crippen molar-refractivity contribution < 1.29 is 18.5 Å². The van der Waals surface area contributed by atoms with Crippen molar-refractivity contribution in [3.8, 4) is 11.4 Å². The molecule has 0 saturated carbocycles. The highest BCUT2D eigenvalue weighted by molar-refractivity contribution is 6.31. The molecule has 2 aromatic carbocycles. The summed E-state index contributed by atoms with van der Waals surface area (Å²) in [5.74, 6) is 0.0967. The Bertz CT molecular complexity index is 1070. The van der Waals surface area contributed by atoms with Crippen molar-refractivity contribution >= 4 is 28.5 Å². The highest BCUT2D eigenvalue weighted by atomic mass is 35.5. The number of fused-ring (bicyclic) bond motifs is 1. The van der Waals surface area contributed by atoms with E-state index in [0.29, 0.717) is 16.4 Å². The second kappa shape index (κ2) is 6.65. The first-order valence-corrected chi connectivity index (χ1v) is 8.27. The largest absolute Gasteiger partial charge is 0.449 e. The van der Waals surface area contributed by atoms with Gasteiger partial charge in [0.15, 0.2) is 6.10 Å². The van der Waals surface area contributed by atoms with E-state index in [1.54, 1.807) is 31.2 Å². The molecular weight excluding hydrogens is 356 g/mol. The van der Waals surface area contributed by atoms with E-state index in [2.05, 4.69) is 10.1 Å². The molecular formula is C19H13ClN2O4. The standard InChI is InChI=1S/C19H13ClN2O4/c1-11(18-21-17(22-26-18)12-5-3-2-4-6-12)24-19(23)16-10-13-9-14(20)7-8-15(13)25-16/h2-11H,1H3/t11-/m0/s1. The zero-order valence-electron chi connectivity index (χ0n) is 13.7. The maximum atomic E-state index is 12.3. The topological polar surface area (TPSA) is 78.4 Å². The molecule has 0 radical (unpaired) electrons. The van der Waals surface area contributed by atoms with E-state index in [1.165, 1.54) is 0 Å². The van der Waals surface area contributed by atoms with Crippen LogP contribution in [-0.4, -0.2) is 16.1 Å². The molecule has 0 spiro atoms. The van der Waals surface area contributed by atoms with Crippen molar-refractivity contribution in [3.63, 3.8) is 0 Å². The first-order chi connectivity index (χ1) is 12.6. The summed E-state index contributed by atoms with van der Waals surface area (Å²) >= 11 is 5.94. The van der Waals surface area contributed by atoms with Crippen LogP contribution in [0.25, 0.3) is 22.4 Å². The summed E-state index contributed by atoms with van der Waals surface area (Å²) in [5, 5.41) is 5.20. The number of rotatable bonds is 4. The van der Waals surface area contributed by atoms with Crippen molar-refractivity contribution in [1.29, 1.82) is 0 Å². The van der Waals surface area contributed by atoms with Gasteiger partial charge in [-0.1, -0.05) is 47.1 Å². The van der Waals surface area contributed by atoms with Crippen LogP contribution in [0.15, 0.2) is 63.5 Å². The predicted octanol–water partition coefficient (Wildman–Crippen LogP) is 5.05. The number of furan rings is 1. The number of benzene rings is 2. The fourth-order valence-electron chi connectivity index (χ4n) is 2.49. The third kappa shape index (κ3) is 3.19. The fraction of sp³-hybridized carbons (Fsp3) is 0.105. The molecule has 6 nitrogen and oxygen atoms in total. The van der Waals surface area contributed by atoms with Gasteiger partial charge in [-0.25, -0.2) is 4.79 Å². The van der Waals surface area contributed by atoms with Gasteiger partial charge in [0.1, 0.15) is 5.58 Å². The number of ether oxygens (including phenoxy) is 1. The third-order valence-electron chi connectivity index (χ3n) is 3.78. The molecule has 4 rings (SSSR count). The molecule has 0 unspecified atom stereocenters. The number of carbonyl (C=O) groups is 1. The zero-order valence-corrected chi connectivity index (χ0v) is 14.4. The van der Waals surface area contributed by atoms with Crippen LogP contribution in [0.3, 0.4) is 0 Å². The second-order valence-corrected chi connectivity index (χ2v) is 6.10. The van der Waals surface area contributed by atoms with E-state index < -0.39 is 12.1 Å². The van der Waals surface area contributed by atoms with Crippen LogP contribution in [0.1, 0.15) is 29.5 Å². The van der Waals surface area contributed by atoms with Crippen LogP contribution < -0.4 is 0 Å². The average Bonchev–Trinajstić information content (AvgIpc) is 3.29. The Morgan fingerprint density at radius 2 is 1.96 bits per heavy atom. The Balaban J connectivity index is 1.51. The molecule has 2 heterocycles. The van der Waals surface area contributed by atoms with Gasteiger partial charge in [-0.15, -0.1) is 0 Å². The number of carbonyl (C=O) groups excluding carboxylic acids is 1. The molecule has 130 valence electrons. The Labute approximate surface area is 153 Å². The lowest BCUT2D eigenvalue weighted by molar-refractivity contribution is 0.0233. The first kappa shape index (κ1) is 16.4. The Kier molecular flexibility index (Phi) is 4.18. The molecule has 4 aromatic rings. The van der Waals surface area contributed by atoms with Crippen molar-refractivity contribution in [2.45, 2.75) is 13.0 Å². The molecule has 0 aliphatic rings. The van der Waals surface area contributed by atoms with Gasteiger partial charge in [-0.3, -0.25) is 0 Å². The summed E-state index contributed by atoms with van der Waals surface area (Å²) in [7, 11) is 0. The van der Waals surface area contributed by atoms with Gasteiger partial charge in [0.25, 0.3) is 5.89 Å². The van der Waals surface area contributed by atoms with Gasteiger partial charge in [0, 0.05) is 16.0 Å². The Hall–Kier alpha value is -3.12. The molecule has 1 atom stereocenters. The van der Waals surface area contributed by atoms with Gasteiger partial charge in [0.2, 0.25) is 11.6 Å². The molecule has 2 aromatic heterocycles. The molecule has 0 N–H and O–H groups in total. The minimum absolute atomic E-state index is 0.0805. The van der Waals surface area contributed by atoms with Gasteiger partial charge >= 0.3 is 5.97 Å². The van der Waals surface area contributed by atoms with Crippen molar-refractivity contribution in [2.75, 3.05) is 0 Å². The molecule has 0 fully saturated rings. The minimum atomic E-state index is -0.718. The van der Waals surface area contributed by atoms with Crippen LogP contribution in [0, 0.1) is 0 Å². The molecule has 0 amide bonds. The number of hydrogen-bond donors (Lipinski definition) is 0. The first-order valence-electron chi connectivity index (χ1n) is 7.89. The summed E-state index contributed by atoms with van der Waals surface area (Å²) < 4.78 is 16.1. The molecule has 0 aliphatic carbocycles. The van der Waals surface area contributed by atoms with Gasteiger partial charge in [-0.2, -0.15) is 4.98 Å². The van der Waals surface area contributed by atoms with Crippen LogP contribution in [0.4, 0.5) is 0 Å². The molecule has 7 heteroatoms. The smallest absolute Gasteiger partial charge is 0.375 e. The molecule has 26 heavy (non-hydrogen) atoms. The quantitative estimate of drug-likeness (QED) is 0.469. The van der Waals surface area contributed by atoms with Crippen LogP contribution in [0.5, 0.6) is 0 Å². The monoisotopic (exact) mass is 368 g/mol. The molecule has 0 bridgehead atoms. The lowest BCUT2D eigenvalue weighted by Gasteiger charge is -2.06. The maximum absolute atomic E-state index is 12.3. The zero-order chi connectivity index (χ0) is 18.1. The number of hydrogen-bond acceptors (Lipinski definition) is 6. The summed E-state index contributed by atoms with van der Waals surface area (Å²) in [6.45, 7) is 1.65. The van der Waals surface area contributed by atoms with E-state index >= 15 is 0 Å². The maximum Gasteiger partial charge on any atom is 0.375 e. The lowest BCUT2D eigenvalue weighted by atomic mass is 10.2. The molecule has 0 aliphatic heterocycles. The SMILES string of the molecule is C[C@H](OC(=O)c1cc2cc(Cl)ccc2o1)c1nc(-c2ccccc2)no1. The fourth-order valence-corrected chi connectivity index (χ4v) is 2.67. The van der Waals surface area contributed by atoms with Gasteiger partial charge < -0.3 is 13.7 Å². The van der Waals surface area contributed by atoms with E-state index in [4.69, 9.17) is 25.3 Å². The highest BCUT2D eigenvalue weighted by Gasteiger charge is 2.22. The van der Waals surface area contributed by atoms with Crippen molar-refractivity contribution in [3.05, 3.63) is 71.3 Å². The van der Waals surface area contributed by atoms with E-state index in [9.17, 15) is 4.79 Å². The van der Waals surface area contributed by atoms with Gasteiger partial charge in [0.05, 0.1) is 0 Å². The van der Waals surface area contributed by atoms with Crippen LogP contribution in [-0.2, 0) is 4.74 Å². The van der Waals surface area contributed by atoms with Gasteiger partial charge in [-0.05, 0) is 31.2 Å². The number of halogens is 1. The van der Waals surface area contributed by atoms with E-state index in [1.807, 2.05) is 30.3 Å². The predicted molar refractivity (Wildman–Crippen MR) is 94.8 cm³/mol. The van der Waals surface area contributed by atoms with Crippen LogP contribution >= 0.6 is 11.6 Å². The van der Waals surface area contributed by atoms with Crippen LogP contribution in [0.2, 0.25) is 5.02 Å². The highest BCUT2D eigenvalue weighted by Crippen LogP contribution is 2.26.